The highest BCUT2D eigenvalue weighted by Gasteiger charge is 2.13. The average molecular weight is 336 g/mol. The van der Waals surface area contributed by atoms with E-state index in [4.69, 9.17) is 0 Å². The van der Waals surface area contributed by atoms with Crippen LogP contribution in [0.5, 0.6) is 0 Å². The van der Waals surface area contributed by atoms with Crippen LogP contribution >= 0.6 is 0 Å². The second-order valence-electron chi connectivity index (χ2n) is 6.35. The van der Waals surface area contributed by atoms with Crippen LogP contribution in [0, 0.1) is 0 Å². The van der Waals surface area contributed by atoms with Crippen molar-refractivity contribution in [1.82, 2.24) is 9.78 Å². The normalized spacial score (nSPS) is 11.2. The summed E-state index contributed by atoms with van der Waals surface area (Å²) >= 11 is 0. The van der Waals surface area contributed by atoms with Gasteiger partial charge in [-0.05, 0) is 27.8 Å². The highest BCUT2D eigenvalue weighted by molar-refractivity contribution is 5.96. The van der Waals surface area contributed by atoms with E-state index >= 15 is 0 Å². The van der Waals surface area contributed by atoms with Crippen LogP contribution in [-0.2, 0) is 0 Å². The van der Waals surface area contributed by atoms with Crippen LogP contribution in [0.2, 0.25) is 0 Å². The molecule has 0 atom stereocenters. The number of nitrogens with one attached hydrogen (secondary N) is 1. The maximum Gasteiger partial charge on any atom is 0.279 e. The number of hydrogen-bond donors (Lipinski definition) is 1. The van der Waals surface area contributed by atoms with Crippen LogP contribution in [0.25, 0.3) is 38.4 Å². The van der Waals surface area contributed by atoms with Gasteiger partial charge in [-0.1, -0.05) is 78.9 Å². The molecule has 0 radical (unpaired) electrons. The molecule has 5 rings (SSSR count). The van der Waals surface area contributed by atoms with Gasteiger partial charge in [-0.25, -0.2) is 4.68 Å². The Bertz CT molecular complexity index is 1200. The Hall–Kier alpha value is -3.59. The molecule has 0 aliphatic rings. The lowest BCUT2D eigenvalue weighted by atomic mass is 10.0. The summed E-state index contributed by atoms with van der Waals surface area (Å²) in [6.45, 7) is 0. The molecule has 0 spiro atoms. The summed E-state index contributed by atoms with van der Waals surface area (Å²) in [5.41, 5.74) is 2.44. The highest BCUT2D eigenvalue weighted by Crippen LogP contribution is 2.27. The Morgan fingerprint density at radius 3 is 2.04 bits per heavy atom. The molecule has 1 N–H and O–H groups in total. The largest absolute Gasteiger partial charge is 0.298 e. The van der Waals surface area contributed by atoms with E-state index in [0.29, 0.717) is 5.56 Å². The van der Waals surface area contributed by atoms with E-state index in [-0.39, 0.29) is 5.56 Å². The summed E-state index contributed by atoms with van der Waals surface area (Å²) in [6, 6.07) is 28.3. The van der Waals surface area contributed by atoms with Crippen molar-refractivity contribution in [2.75, 3.05) is 0 Å². The van der Waals surface area contributed by atoms with Crippen molar-refractivity contribution in [3.63, 3.8) is 0 Å². The van der Waals surface area contributed by atoms with Crippen LogP contribution < -0.4 is 5.56 Å². The summed E-state index contributed by atoms with van der Waals surface area (Å²) in [4.78, 5) is 13.2. The average Bonchev–Trinajstić information content (AvgIpc) is 3.08. The molecule has 0 unspecified atom stereocenters. The van der Waals surface area contributed by atoms with Crippen LogP contribution in [-0.4, -0.2) is 9.78 Å². The van der Waals surface area contributed by atoms with Gasteiger partial charge in [-0.15, -0.1) is 0 Å². The fourth-order valence-electron chi connectivity index (χ4n) is 3.61. The quantitative estimate of drug-likeness (QED) is 0.476. The van der Waals surface area contributed by atoms with E-state index in [1.54, 1.807) is 10.9 Å². The Kier molecular flexibility index (Phi) is 3.25. The molecule has 0 bridgehead atoms. The minimum absolute atomic E-state index is 0.0438. The van der Waals surface area contributed by atoms with Gasteiger partial charge < -0.3 is 0 Å². The zero-order valence-electron chi connectivity index (χ0n) is 14.0. The van der Waals surface area contributed by atoms with Crippen molar-refractivity contribution >= 4 is 21.5 Å². The van der Waals surface area contributed by atoms with E-state index in [9.17, 15) is 4.79 Å². The predicted octanol–water partition coefficient (Wildman–Crippen LogP) is 5.14. The zero-order chi connectivity index (χ0) is 17.5. The van der Waals surface area contributed by atoms with Crippen LogP contribution in [0.4, 0.5) is 0 Å². The van der Waals surface area contributed by atoms with E-state index in [0.717, 1.165) is 32.8 Å². The molecule has 4 aromatic carbocycles. The summed E-state index contributed by atoms with van der Waals surface area (Å²) in [5, 5.41) is 7.51. The first-order valence-electron chi connectivity index (χ1n) is 8.60. The van der Waals surface area contributed by atoms with Crippen LogP contribution in [0.1, 0.15) is 0 Å². The first-order chi connectivity index (χ1) is 12.8. The third-order valence-electron chi connectivity index (χ3n) is 4.86. The van der Waals surface area contributed by atoms with Gasteiger partial charge in [0.25, 0.3) is 5.56 Å². The van der Waals surface area contributed by atoms with E-state index < -0.39 is 0 Å². The molecule has 3 heteroatoms. The monoisotopic (exact) mass is 336 g/mol. The second-order valence-corrected chi connectivity index (χ2v) is 6.35. The fraction of sp³-hybridized carbons (Fsp3) is 0. The topological polar surface area (TPSA) is 37.8 Å². The molecular weight excluding hydrogens is 320 g/mol. The van der Waals surface area contributed by atoms with Gasteiger partial charge in [-0.3, -0.25) is 9.89 Å². The van der Waals surface area contributed by atoms with E-state index in [1.165, 1.54) is 0 Å². The first kappa shape index (κ1) is 14.7. The Balaban J connectivity index is 1.76. The number of benzene rings is 4. The minimum Gasteiger partial charge on any atom is -0.298 e. The van der Waals surface area contributed by atoms with Crippen molar-refractivity contribution in [2.24, 2.45) is 0 Å². The number of hydrogen-bond acceptors (Lipinski definition) is 1. The van der Waals surface area contributed by atoms with Gasteiger partial charge in [-0.2, -0.15) is 0 Å². The molecule has 0 fully saturated rings. The lowest BCUT2D eigenvalue weighted by molar-refractivity contribution is 0.856. The lowest BCUT2D eigenvalue weighted by Gasteiger charge is -2.06. The molecule has 1 aromatic heterocycles. The smallest absolute Gasteiger partial charge is 0.279 e. The Labute approximate surface area is 150 Å². The van der Waals surface area contributed by atoms with E-state index in [1.807, 2.05) is 54.6 Å². The number of H-pyrrole nitrogens is 1. The number of aromatic amines is 1. The van der Waals surface area contributed by atoms with Crippen LogP contribution in [0.15, 0.2) is 95.9 Å². The van der Waals surface area contributed by atoms with Crippen molar-refractivity contribution in [1.29, 1.82) is 0 Å². The predicted molar refractivity (Wildman–Crippen MR) is 107 cm³/mol. The molecule has 1 heterocycles. The maximum absolute atomic E-state index is 13.2. The summed E-state index contributed by atoms with van der Waals surface area (Å²) in [6.07, 6.45) is 1.80. The molecule has 124 valence electrons. The van der Waals surface area contributed by atoms with Crippen LogP contribution in [0.3, 0.4) is 0 Å². The first-order valence-corrected chi connectivity index (χ1v) is 8.60. The molecule has 0 aliphatic carbocycles. The SMILES string of the molecule is O=c1c(-c2cccc3ccccc23)c[nH]n1-c1cccc2ccccc12. The molecule has 0 aliphatic heterocycles. The van der Waals surface area contributed by atoms with Crippen molar-refractivity contribution in [3.8, 4) is 16.8 Å². The Morgan fingerprint density at radius 1 is 0.615 bits per heavy atom. The number of rotatable bonds is 2. The number of aromatic nitrogens is 2. The molecule has 5 aromatic rings. The van der Waals surface area contributed by atoms with Gasteiger partial charge in [0.05, 0.1) is 11.3 Å². The molecule has 26 heavy (non-hydrogen) atoms. The zero-order valence-corrected chi connectivity index (χ0v) is 14.0. The number of fused-ring (bicyclic) bond motifs is 2. The maximum atomic E-state index is 13.2. The Morgan fingerprint density at radius 2 is 1.23 bits per heavy atom. The lowest BCUT2D eigenvalue weighted by Crippen LogP contribution is -2.16. The summed E-state index contributed by atoms with van der Waals surface area (Å²) < 4.78 is 1.62. The third kappa shape index (κ3) is 2.18. The van der Waals surface area contributed by atoms with Gasteiger partial charge in [0.15, 0.2) is 0 Å². The molecule has 0 amide bonds. The highest BCUT2D eigenvalue weighted by atomic mass is 16.1. The molecule has 0 saturated carbocycles. The number of nitrogens with zero attached hydrogens (tertiary/aromatic N) is 1. The van der Waals surface area contributed by atoms with Gasteiger partial charge in [0, 0.05) is 11.6 Å². The summed E-state index contributed by atoms with van der Waals surface area (Å²) in [5.74, 6) is 0. The fourth-order valence-corrected chi connectivity index (χ4v) is 3.61. The van der Waals surface area contributed by atoms with E-state index in [2.05, 4.69) is 35.4 Å². The van der Waals surface area contributed by atoms with Crippen molar-refractivity contribution < 1.29 is 0 Å². The van der Waals surface area contributed by atoms with Gasteiger partial charge in [0.1, 0.15) is 0 Å². The molecular formula is C23H16N2O. The van der Waals surface area contributed by atoms with Gasteiger partial charge in [0.2, 0.25) is 0 Å². The second kappa shape index (κ2) is 5.74. The molecule has 3 nitrogen and oxygen atoms in total. The molecule has 0 saturated heterocycles. The van der Waals surface area contributed by atoms with Gasteiger partial charge >= 0.3 is 0 Å². The standard InChI is InChI=1S/C23H16N2O/c26-23-21(20-13-5-9-16-7-1-3-11-18(16)20)15-24-25(23)22-14-6-10-17-8-2-4-12-19(17)22/h1-15,24H. The summed E-state index contributed by atoms with van der Waals surface area (Å²) in [7, 11) is 0. The van der Waals surface area contributed by atoms with Crippen molar-refractivity contribution in [3.05, 3.63) is 101 Å². The third-order valence-corrected chi connectivity index (χ3v) is 4.86. The van der Waals surface area contributed by atoms with Crippen molar-refractivity contribution in [2.45, 2.75) is 0 Å². The minimum atomic E-state index is -0.0438.